The normalized spacial score (nSPS) is 24.9. The first kappa shape index (κ1) is 12.9. The number of hydrogen-bond acceptors (Lipinski definition) is 3. The Hall–Kier alpha value is -2.08. The van der Waals surface area contributed by atoms with Crippen LogP contribution in [-0.4, -0.2) is 50.7 Å². The first-order valence-corrected chi connectivity index (χ1v) is 6.59. The Balaban J connectivity index is 1.76. The number of amides is 2. The van der Waals surface area contributed by atoms with E-state index in [0.717, 1.165) is 11.1 Å². The quantitative estimate of drug-likeness (QED) is 0.789. The third-order valence-corrected chi connectivity index (χ3v) is 3.92. The van der Waals surface area contributed by atoms with Crippen LogP contribution in [-0.2, 0) is 17.9 Å². The Labute approximate surface area is 116 Å². The van der Waals surface area contributed by atoms with Crippen molar-refractivity contribution in [1.82, 2.24) is 9.80 Å². The standard InChI is InChI=1S/C14H16N2O4/c17-11-5-12(13(18)19)16(8-11)14(20)15-6-9-3-1-2-4-10(9)7-15/h1-4,11-12,17H,5-8H2,(H,18,19)/t11-,12-/m0/s1. The third kappa shape index (κ3) is 2.12. The number of aliphatic hydroxyl groups is 1. The van der Waals surface area contributed by atoms with Gasteiger partial charge in [-0.15, -0.1) is 0 Å². The number of aliphatic carboxylic acids is 1. The van der Waals surface area contributed by atoms with Gasteiger partial charge in [-0.2, -0.15) is 0 Å². The summed E-state index contributed by atoms with van der Waals surface area (Å²) in [6, 6.07) is 6.54. The first-order valence-electron chi connectivity index (χ1n) is 6.59. The van der Waals surface area contributed by atoms with Crippen LogP contribution < -0.4 is 0 Å². The van der Waals surface area contributed by atoms with E-state index in [1.807, 2.05) is 24.3 Å². The fourth-order valence-corrected chi connectivity index (χ4v) is 2.91. The largest absolute Gasteiger partial charge is 0.480 e. The minimum Gasteiger partial charge on any atom is -0.480 e. The molecule has 6 nitrogen and oxygen atoms in total. The molecule has 20 heavy (non-hydrogen) atoms. The number of benzene rings is 1. The number of urea groups is 1. The van der Waals surface area contributed by atoms with E-state index in [9.17, 15) is 14.7 Å². The van der Waals surface area contributed by atoms with E-state index in [4.69, 9.17) is 5.11 Å². The molecule has 0 saturated carbocycles. The summed E-state index contributed by atoms with van der Waals surface area (Å²) in [5, 5.41) is 18.8. The van der Waals surface area contributed by atoms with Gasteiger partial charge in [0.05, 0.1) is 6.10 Å². The van der Waals surface area contributed by atoms with Crippen molar-refractivity contribution in [3.63, 3.8) is 0 Å². The molecule has 1 aromatic carbocycles. The Morgan fingerprint density at radius 1 is 1.15 bits per heavy atom. The van der Waals surface area contributed by atoms with Crippen molar-refractivity contribution in [3.8, 4) is 0 Å². The smallest absolute Gasteiger partial charge is 0.326 e. The molecule has 3 rings (SSSR count). The van der Waals surface area contributed by atoms with Crippen molar-refractivity contribution >= 4 is 12.0 Å². The van der Waals surface area contributed by atoms with Gasteiger partial charge in [0.25, 0.3) is 0 Å². The average Bonchev–Trinajstić information content (AvgIpc) is 3.01. The van der Waals surface area contributed by atoms with E-state index >= 15 is 0 Å². The molecule has 1 saturated heterocycles. The highest BCUT2D eigenvalue weighted by Gasteiger charge is 2.41. The van der Waals surface area contributed by atoms with Crippen LogP contribution in [0.1, 0.15) is 17.5 Å². The number of fused-ring (bicyclic) bond motifs is 1. The van der Waals surface area contributed by atoms with Gasteiger partial charge in [-0.1, -0.05) is 24.3 Å². The summed E-state index contributed by atoms with van der Waals surface area (Å²) in [7, 11) is 0. The van der Waals surface area contributed by atoms with Crippen molar-refractivity contribution in [2.24, 2.45) is 0 Å². The van der Waals surface area contributed by atoms with Gasteiger partial charge in [0, 0.05) is 26.1 Å². The predicted molar refractivity (Wildman–Crippen MR) is 69.8 cm³/mol. The van der Waals surface area contributed by atoms with E-state index in [1.165, 1.54) is 4.90 Å². The van der Waals surface area contributed by atoms with Crippen LogP contribution in [0.3, 0.4) is 0 Å². The molecule has 0 aromatic heterocycles. The lowest BCUT2D eigenvalue weighted by atomic mass is 10.1. The second-order valence-corrected chi connectivity index (χ2v) is 5.30. The number of carboxylic acids is 1. The highest BCUT2D eigenvalue weighted by molar-refractivity contribution is 5.83. The molecule has 2 atom stereocenters. The molecule has 0 unspecified atom stereocenters. The number of β-amino-alcohol motifs (C(OH)–C–C–N with tert-alkyl or cyclic N) is 1. The van der Waals surface area contributed by atoms with Crippen LogP contribution in [0.25, 0.3) is 0 Å². The predicted octanol–water partition coefficient (Wildman–Crippen LogP) is 0.642. The second-order valence-electron chi connectivity index (χ2n) is 5.30. The summed E-state index contributed by atoms with van der Waals surface area (Å²) in [5.41, 5.74) is 2.18. The summed E-state index contributed by atoms with van der Waals surface area (Å²) >= 11 is 0. The monoisotopic (exact) mass is 276 g/mol. The topological polar surface area (TPSA) is 81.1 Å². The Kier molecular flexibility index (Phi) is 3.10. The number of likely N-dealkylation sites (tertiary alicyclic amines) is 1. The highest BCUT2D eigenvalue weighted by Crippen LogP contribution is 2.26. The number of carboxylic acid groups (broad SMARTS) is 1. The summed E-state index contributed by atoms with van der Waals surface area (Å²) in [6.07, 6.45) is -0.660. The number of hydrogen-bond donors (Lipinski definition) is 2. The SMILES string of the molecule is O=C(O)[C@@H]1C[C@H](O)CN1C(=O)N1Cc2ccccc2C1. The van der Waals surface area contributed by atoms with Crippen molar-refractivity contribution in [3.05, 3.63) is 35.4 Å². The number of aliphatic hydroxyl groups excluding tert-OH is 1. The van der Waals surface area contributed by atoms with Crippen LogP contribution in [0.15, 0.2) is 24.3 Å². The van der Waals surface area contributed by atoms with Crippen molar-refractivity contribution in [1.29, 1.82) is 0 Å². The van der Waals surface area contributed by atoms with Gasteiger partial charge >= 0.3 is 12.0 Å². The molecule has 0 radical (unpaired) electrons. The van der Waals surface area contributed by atoms with Gasteiger partial charge in [0.1, 0.15) is 6.04 Å². The van der Waals surface area contributed by atoms with Gasteiger partial charge in [0.15, 0.2) is 0 Å². The molecule has 2 N–H and O–H groups in total. The summed E-state index contributed by atoms with van der Waals surface area (Å²) in [6.45, 7) is 1.07. The lowest BCUT2D eigenvalue weighted by molar-refractivity contribution is -0.141. The highest BCUT2D eigenvalue weighted by atomic mass is 16.4. The molecular weight excluding hydrogens is 260 g/mol. The fourth-order valence-electron chi connectivity index (χ4n) is 2.91. The van der Waals surface area contributed by atoms with E-state index in [0.29, 0.717) is 13.1 Å². The molecular formula is C14H16N2O4. The summed E-state index contributed by atoms with van der Waals surface area (Å²) in [5.74, 6) is -1.06. The number of carbonyl (C=O) groups excluding carboxylic acids is 1. The zero-order chi connectivity index (χ0) is 14.3. The lowest BCUT2D eigenvalue weighted by Gasteiger charge is -2.27. The molecule has 6 heteroatoms. The first-order chi connectivity index (χ1) is 9.56. The summed E-state index contributed by atoms with van der Waals surface area (Å²) in [4.78, 5) is 26.5. The van der Waals surface area contributed by atoms with E-state index in [-0.39, 0.29) is 19.0 Å². The van der Waals surface area contributed by atoms with Gasteiger partial charge in [-0.05, 0) is 11.1 Å². The van der Waals surface area contributed by atoms with E-state index < -0.39 is 18.1 Å². The number of rotatable bonds is 1. The Bertz CT molecular complexity index is 535. The molecule has 2 amide bonds. The molecule has 0 bridgehead atoms. The maximum Gasteiger partial charge on any atom is 0.326 e. The fraction of sp³-hybridized carbons (Fsp3) is 0.429. The number of carbonyl (C=O) groups is 2. The van der Waals surface area contributed by atoms with E-state index in [2.05, 4.69) is 0 Å². The van der Waals surface area contributed by atoms with Gasteiger partial charge in [-0.3, -0.25) is 0 Å². The van der Waals surface area contributed by atoms with Crippen molar-refractivity contribution < 1.29 is 19.8 Å². The lowest BCUT2D eigenvalue weighted by Crippen LogP contribution is -2.46. The maximum absolute atomic E-state index is 12.5. The molecule has 2 aliphatic rings. The van der Waals surface area contributed by atoms with Crippen LogP contribution in [0.2, 0.25) is 0 Å². The Morgan fingerprint density at radius 2 is 1.75 bits per heavy atom. The maximum atomic E-state index is 12.5. The van der Waals surface area contributed by atoms with E-state index in [1.54, 1.807) is 4.90 Å². The molecule has 0 aliphatic carbocycles. The molecule has 1 fully saturated rings. The second kappa shape index (κ2) is 4.79. The van der Waals surface area contributed by atoms with Crippen LogP contribution in [0, 0.1) is 0 Å². The van der Waals surface area contributed by atoms with Gasteiger partial charge in [0.2, 0.25) is 0 Å². The number of nitrogens with zero attached hydrogens (tertiary/aromatic N) is 2. The van der Waals surface area contributed by atoms with Crippen molar-refractivity contribution in [2.75, 3.05) is 6.54 Å². The van der Waals surface area contributed by atoms with Crippen LogP contribution >= 0.6 is 0 Å². The minimum absolute atomic E-state index is 0.0860. The molecule has 2 heterocycles. The van der Waals surface area contributed by atoms with Crippen LogP contribution in [0.5, 0.6) is 0 Å². The van der Waals surface area contributed by atoms with Gasteiger partial charge in [-0.25, -0.2) is 9.59 Å². The minimum atomic E-state index is -1.06. The molecule has 0 spiro atoms. The van der Waals surface area contributed by atoms with Gasteiger partial charge < -0.3 is 20.0 Å². The third-order valence-electron chi connectivity index (χ3n) is 3.92. The Morgan fingerprint density at radius 3 is 2.30 bits per heavy atom. The summed E-state index contributed by atoms with van der Waals surface area (Å²) < 4.78 is 0. The zero-order valence-corrected chi connectivity index (χ0v) is 10.9. The van der Waals surface area contributed by atoms with Crippen molar-refractivity contribution in [2.45, 2.75) is 31.7 Å². The molecule has 106 valence electrons. The van der Waals surface area contributed by atoms with Crippen LogP contribution in [0.4, 0.5) is 4.79 Å². The molecule has 2 aliphatic heterocycles. The molecule has 1 aromatic rings. The zero-order valence-electron chi connectivity index (χ0n) is 10.9. The average molecular weight is 276 g/mol.